The molecule has 1 aliphatic carbocycles. The number of nitrogens with one attached hydrogen (secondary N) is 1. The number of halogens is 1. The molecule has 4 heteroatoms. The smallest absolute Gasteiger partial charge is 0.188 e. The molecule has 118 valence electrons. The number of nitrogens with two attached hydrogens (primary N) is 1. The lowest BCUT2D eigenvalue weighted by molar-refractivity contribution is 0.649. The largest absolute Gasteiger partial charge is 0.370 e. The molecule has 1 aromatic rings. The average Bonchev–Trinajstić information content (AvgIpc) is 3.27. The van der Waals surface area contributed by atoms with Crippen molar-refractivity contribution in [2.45, 2.75) is 50.9 Å². The maximum Gasteiger partial charge on any atom is 0.188 e. The highest BCUT2D eigenvalue weighted by atomic mass is 127. The van der Waals surface area contributed by atoms with E-state index in [1.807, 2.05) is 0 Å². The second kappa shape index (κ2) is 9.28. The van der Waals surface area contributed by atoms with Crippen molar-refractivity contribution in [3.8, 4) is 0 Å². The molecule has 1 aliphatic rings. The van der Waals surface area contributed by atoms with Gasteiger partial charge in [-0.3, -0.25) is 4.99 Å². The van der Waals surface area contributed by atoms with Crippen LogP contribution in [0, 0.1) is 0 Å². The van der Waals surface area contributed by atoms with Crippen LogP contribution in [-0.4, -0.2) is 19.0 Å². The van der Waals surface area contributed by atoms with Gasteiger partial charge in [-0.2, -0.15) is 0 Å². The van der Waals surface area contributed by atoms with Gasteiger partial charge in [-0.15, -0.1) is 24.0 Å². The molecule has 0 bridgehead atoms. The van der Waals surface area contributed by atoms with Gasteiger partial charge in [-0.05, 0) is 24.8 Å². The number of benzene rings is 1. The predicted octanol–water partition coefficient (Wildman–Crippen LogP) is 3.82. The minimum Gasteiger partial charge on any atom is -0.370 e. The van der Waals surface area contributed by atoms with Crippen molar-refractivity contribution in [2.75, 3.05) is 13.1 Å². The molecule has 3 nitrogen and oxygen atoms in total. The summed E-state index contributed by atoms with van der Waals surface area (Å²) in [5.74, 6) is 0.601. The molecule has 1 saturated carbocycles. The van der Waals surface area contributed by atoms with Gasteiger partial charge in [-0.25, -0.2) is 0 Å². The summed E-state index contributed by atoms with van der Waals surface area (Å²) < 4.78 is 0. The molecule has 2 rings (SSSR count). The van der Waals surface area contributed by atoms with Gasteiger partial charge >= 0.3 is 0 Å². The standard InChI is InChI=1S/C17H27N3.HI/c1-2-3-4-8-13-19-16(18)20-14-17(11-12-17)15-9-6-5-7-10-15;/h5-7,9-10H,2-4,8,11-14H2,1H3,(H3,18,19,20);1H. The Hall–Kier alpha value is -0.780. The zero-order valence-corrected chi connectivity index (χ0v) is 15.3. The SMILES string of the molecule is CCCCCCNC(N)=NCC1(c2ccccc2)CC1.I. The Morgan fingerprint density at radius 3 is 2.52 bits per heavy atom. The molecule has 0 aliphatic heterocycles. The Labute approximate surface area is 145 Å². The normalized spacial score (nSPS) is 16.1. The number of aliphatic imine (C=N–C) groups is 1. The van der Waals surface area contributed by atoms with Crippen LogP contribution >= 0.6 is 24.0 Å². The molecular formula is C17H28IN3. The van der Waals surface area contributed by atoms with Gasteiger partial charge in [-0.1, -0.05) is 56.5 Å². The first-order chi connectivity index (χ1) is 9.77. The monoisotopic (exact) mass is 401 g/mol. The van der Waals surface area contributed by atoms with Crippen molar-refractivity contribution in [3.05, 3.63) is 35.9 Å². The molecule has 1 aromatic carbocycles. The van der Waals surface area contributed by atoms with Crippen molar-refractivity contribution >= 4 is 29.9 Å². The zero-order valence-electron chi connectivity index (χ0n) is 13.0. The molecule has 0 amide bonds. The zero-order chi connectivity index (χ0) is 14.3. The molecular weight excluding hydrogens is 373 g/mol. The van der Waals surface area contributed by atoms with E-state index in [0.29, 0.717) is 5.96 Å². The summed E-state index contributed by atoms with van der Waals surface area (Å²) in [6, 6.07) is 10.7. The fourth-order valence-corrected chi connectivity index (χ4v) is 2.54. The third-order valence-electron chi connectivity index (χ3n) is 4.13. The van der Waals surface area contributed by atoms with Gasteiger partial charge in [0.25, 0.3) is 0 Å². The lowest BCUT2D eigenvalue weighted by Crippen LogP contribution is -2.33. The quantitative estimate of drug-likeness (QED) is 0.301. The summed E-state index contributed by atoms with van der Waals surface area (Å²) in [6.07, 6.45) is 7.46. The maximum atomic E-state index is 5.94. The summed E-state index contributed by atoms with van der Waals surface area (Å²) in [5, 5.41) is 3.22. The molecule has 21 heavy (non-hydrogen) atoms. The average molecular weight is 401 g/mol. The first-order valence-electron chi connectivity index (χ1n) is 7.86. The van der Waals surface area contributed by atoms with Crippen LogP contribution < -0.4 is 11.1 Å². The van der Waals surface area contributed by atoms with Crippen LogP contribution in [0.2, 0.25) is 0 Å². The van der Waals surface area contributed by atoms with E-state index < -0.39 is 0 Å². The van der Waals surface area contributed by atoms with Crippen LogP contribution in [-0.2, 0) is 5.41 Å². The van der Waals surface area contributed by atoms with E-state index in [2.05, 4.69) is 47.6 Å². The van der Waals surface area contributed by atoms with Crippen molar-refractivity contribution in [2.24, 2.45) is 10.7 Å². The number of rotatable bonds is 8. The molecule has 0 spiro atoms. The van der Waals surface area contributed by atoms with Crippen LogP contribution in [0.3, 0.4) is 0 Å². The van der Waals surface area contributed by atoms with Crippen LogP contribution in [0.5, 0.6) is 0 Å². The van der Waals surface area contributed by atoms with Gasteiger partial charge in [0.15, 0.2) is 5.96 Å². The van der Waals surface area contributed by atoms with Crippen LogP contribution in [0.4, 0.5) is 0 Å². The van der Waals surface area contributed by atoms with Crippen LogP contribution in [0.1, 0.15) is 51.0 Å². The minimum absolute atomic E-state index is 0. The third kappa shape index (κ3) is 5.85. The van der Waals surface area contributed by atoms with Crippen molar-refractivity contribution in [1.29, 1.82) is 0 Å². The fraction of sp³-hybridized carbons (Fsp3) is 0.588. The lowest BCUT2D eigenvalue weighted by Gasteiger charge is -2.13. The van der Waals surface area contributed by atoms with Gasteiger partial charge in [0.2, 0.25) is 0 Å². The Kier molecular flexibility index (Phi) is 8.07. The number of hydrogen-bond donors (Lipinski definition) is 2. The highest BCUT2D eigenvalue weighted by molar-refractivity contribution is 14.0. The van der Waals surface area contributed by atoms with E-state index in [1.54, 1.807) is 0 Å². The predicted molar refractivity (Wildman–Crippen MR) is 101 cm³/mol. The molecule has 0 atom stereocenters. The highest BCUT2D eigenvalue weighted by Gasteiger charge is 2.43. The van der Waals surface area contributed by atoms with Gasteiger partial charge in [0.1, 0.15) is 0 Å². The van der Waals surface area contributed by atoms with Crippen LogP contribution in [0.15, 0.2) is 35.3 Å². The molecule has 0 aromatic heterocycles. The first kappa shape index (κ1) is 18.3. The lowest BCUT2D eigenvalue weighted by atomic mass is 9.96. The summed E-state index contributed by atoms with van der Waals surface area (Å²) in [6.45, 7) is 3.97. The molecule has 0 saturated heterocycles. The second-order valence-electron chi connectivity index (χ2n) is 5.84. The molecule has 0 heterocycles. The number of nitrogens with zero attached hydrogens (tertiary/aromatic N) is 1. The van der Waals surface area contributed by atoms with E-state index >= 15 is 0 Å². The first-order valence-corrected chi connectivity index (χ1v) is 7.86. The summed E-state index contributed by atoms with van der Waals surface area (Å²) in [5.41, 5.74) is 7.60. The van der Waals surface area contributed by atoms with Crippen molar-refractivity contribution < 1.29 is 0 Å². The number of unbranched alkanes of at least 4 members (excludes halogenated alkanes) is 3. The maximum absolute atomic E-state index is 5.94. The van der Waals surface area contributed by atoms with E-state index in [0.717, 1.165) is 13.1 Å². The second-order valence-corrected chi connectivity index (χ2v) is 5.84. The molecule has 0 unspecified atom stereocenters. The van der Waals surface area contributed by atoms with Gasteiger partial charge in [0, 0.05) is 12.0 Å². The summed E-state index contributed by atoms with van der Waals surface area (Å²) in [7, 11) is 0. The van der Waals surface area contributed by atoms with Crippen molar-refractivity contribution in [3.63, 3.8) is 0 Å². The topological polar surface area (TPSA) is 50.4 Å². The van der Waals surface area contributed by atoms with Crippen molar-refractivity contribution in [1.82, 2.24) is 5.32 Å². The Morgan fingerprint density at radius 1 is 1.19 bits per heavy atom. The number of hydrogen-bond acceptors (Lipinski definition) is 1. The van der Waals surface area contributed by atoms with E-state index in [4.69, 9.17) is 5.73 Å². The van der Waals surface area contributed by atoms with Gasteiger partial charge in [0.05, 0.1) is 6.54 Å². The molecule has 1 fully saturated rings. The Morgan fingerprint density at radius 2 is 1.90 bits per heavy atom. The Balaban J connectivity index is 0.00000220. The molecule has 0 radical (unpaired) electrons. The van der Waals surface area contributed by atoms with E-state index in [-0.39, 0.29) is 29.4 Å². The highest BCUT2D eigenvalue weighted by Crippen LogP contribution is 2.48. The van der Waals surface area contributed by atoms with Gasteiger partial charge < -0.3 is 11.1 Å². The summed E-state index contributed by atoms with van der Waals surface area (Å²) >= 11 is 0. The Bertz CT molecular complexity index is 427. The fourth-order valence-electron chi connectivity index (χ4n) is 2.54. The van der Waals surface area contributed by atoms with E-state index in [1.165, 1.54) is 44.1 Å². The van der Waals surface area contributed by atoms with E-state index in [9.17, 15) is 0 Å². The third-order valence-corrected chi connectivity index (χ3v) is 4.13. The summed E-state index contributed by atoms with van der Waals surface area (Å²) in [4.78, 5) is 4.54. The minimum atomic E-state index is 0. The number of guanidine groups is 1. The molecule has 3 N–H and O–H groups in total. The van der Waals surface area contributed by atoms with Crippen LogP contribution in [0.25, 0.3) is 0 Å².